The summed E-state index contributed by atoms with van der Waals surface area (Å²) >= 11 is 0.947. The average Bonchev–Trinajstić information content (AvgIpc) is 3.04. The third-order valence-electron chi connectivity index (χ3n) is 4.10. The molecule has 0 fully saturated rings. The number of nitrogens with zero attached hydrogens (tertiary/aromatic N) is 2. The van der Waals surface area contributed by atoms with Crippen molar-refractivity contribution in [1.29, 1.82) is 0 Å². The van der Waals surface area contributed by atoms with Crippen molar-refractivity contribution >= 4 is 46.2 Å². The quantitative estimate of drug-likeness (QED) is 0.364. The smallest absolute Gasteiger partial charge is 0.348 e. The molecule has 10 heteroatoms. The highest BCUT2D eigenvalue weighted by Gasteiger charge is 2.27. The second-order valence-electron chi connectivity index (χ2n) is 6.51. The van der Waals surface area contributed by atoms with Gasteiger partial charge in [-0.2, -0.15) is 5.10 Å². The molecule has 0 spiro atoms. The fourth-order valence-electron chi connectivity index (χ4n) is 2.60. The number of benzene rings is 1. The van der Waals surface area contributed by atoms with Crippen molar-refractivity contribution in [2.75, 3.05) is 37.5 Å². The van der Waals surface area contributed by atoms with E-state index in [-0.39, 0.29) is 28.7 Å². The van der Waals surface area contributed by atoms with Gasteiger partial charge in [0.1, 0.15) is 9.88 Å². The van der Waals surface area contributed by atoms with E-state index in [1.807, 2.05) is 43.3 Å². The summed E-state index contributed by atoms with van der Waals surface area (Å²) in [5.74, 6) is -1.20. The van der Waals surface area contributed by atoms with Gasteiger partial charge in [0, 0.05) is 19.8 Å². The lowest BCUT2D eigenvalue weighted by Crippen LogP contribution is -2.24. The summed E-state index contributed by atoms with van der Waals surface area (Å²) in [6.45, 7) is 5.31. The molecule has 0 aliphatic carbocycles. The molecule has 166 valence electrons. The highest BCUT2D eigenvalue weighted by Crippen LogP contribution is 2.34. The molecule has 1 heterocycles. The van der Waals surface area contributed by atoms with E-state index in [2.05, 4.69) is 15.8 Å². The van der Waals surface area contributed by atoms with Gasteiger partial charge in [0.05, 0.1) is 25.0 Å². The van der Waals surface area contributed by atoms with Crippen molar-refractivity contribution in [2.45, 2.75) is 20.8 Å². The van der Waals surface area contributed by atoms with E-state index >= 15 is 0 Å². The summed E-state index contributed by atoms with van der Waals surface area (Å²) in [5.41, 5.74) is 4.70. The van der Waals surface area contributed by atoms with Gasteiger partial charge in [-0.3, -0.25) is 5.32 Å². The summed E-state index contributed by atoms with van der Waals surface area (Å²) in [7, 11) is 3.89. The number of carbonyl (C=O) groups is 3. The Balaban J connectivity index is 2.14. The SMILES string of the molecule is CCOC(=O)c1sc(NC(=O)NN=Cc2ccc(N(C)C)cc2)c(C(=O)OCC)c1C. The van der Waals surface area contributed by atoms with Gasteiger partial charge in [-0.05, 0) is 44.0 Å². The number of ether oxygens (including phenoxy) is 2. The first kappa shape index (κ1) is 23.9. The molecule has 2 N–H and O–H groups in total. The minimum Gasteiger partial charge on any atom is -0.462 e. The molecule has 0 saturated carbocycles. The van der Waals surface area contributed by atoms with Crippen LogP contribution in [0.2, 0.25) is 0 Å². The van der Waals surface area contributed by atoms with Crippen LogP contribution in [0.1, 0.15) is 45.0 Å². The van der Waals surface area contributed by atoms with Crippen molar-refractivity contribution in [3.8, 4) is 0 Å². The Kier molecular flexibility index (Phi) is 8.56. The number of hydrogen-bond donors (Lipinski definition) is 2. The predicted octanol–water partition coefficient (Wildman–Crippen LogP) is 3.63. The number of rotatable bonds is 8. The zero-order chi connectivity index (χ0) is 23.0. The molecule has 0 unspecified atom stereocenters. The molecular formula is C21H26N4O5S. The Morgan fingerprint density at radius 3 is 2.26 bits per heavy atom. The first-order valence-corrected chi connectivity index (χ1v) is 10.4. The van der Waals surface area contributed by atoms with Crippen LogP contribution in [0.3, 0.4) is 0 Å². The number of hydrogen-bond acceptors (Lipinski definition) is 8. The lowest BCUT2D eigenvalue weighted by molar-refractivity contribution is 0.0527. The van der Waals surface area contributed by atoms with E-state index in [1.165, 1.54) is 6.21 Å². The lowest BCUT2D eigenvalue weighted by Gasteiger charge is -2.11. The minimum absolute atomic E-state index is 0.119. The largest absolute Gasteiger partial charge is 0.462 e. The van der Waals surface area contributed by atoms with Crippen molar-refractivity contribution < 1.29 is 23.9 Å². The number of nitrogens with one attached hydrogen (secondary N) is 2. The molecular weight excluding hydrogens is 420 g/mol. The van der Waals surface area contributed by atoms with Gasteiger partial charge in [-0.15, -0.1) is 11.3 Å². The van der Waals surface area contributed by atoms with Gasteiger partial charge in [0.15, 0.2) is 0 Å². The second-order valence-corrected chi connectivity index (χ2v) is 7.53. The van der Waals surface area contributed by atoms with E-state index in [9.17, 15) is 14.4 Å². The van der Waals surface area contributed by atoms with Crippen LogP contribution in [0.5, 0.6) is 0 Å². The molecule has 31 heavy (non-hydrogen) atoms. The first-order chi connectivity index (χ1) is 14.8. The van der Waals surface area contributed by atoms with Gasteiger partial charge in [0.2, 0.25) is 0 Å². The van der Waals surface area contributed by atoms with Crippen molar-refractivity contribution in [2.24, 2.45) is 5.10 Å². The summed E-state index contributed by atoms with van der Waals surface area (Å²) in [4.78, 5) is 39.0. The van der Waals surface area contributed by atoms with Crippen LogP contribution in [-0.2, 0) is 9.47 Å². The number of thiophene rings is 1. The van der Waals surface area contributed by atoms with Crippen LogP contribution in [0, 0.1) is 6.92 Å². The Labute approximate surface area is 185 Å². The van der Waals surface area contributed by atoms with Crippen LogP contribution in [0.15, 0.2) is 29.4 Å². The maximum Gasteiger partial charge on any atom is 0.348 e. The van der Waals surface area contributed by atoms with Gasteiger partial charge >= 0.3 is 18.0 Å². The van der Waals surface area contributed by atoms with Gasteiger partial charge in [0.25, 0.3) is 0 Å². The Morgan fingerprint density at radius 2 is 1.68 bits per heavy atom. The van der Waals surface area contributed by atoms with E-state index in [0.717, 1.165) is 22.6 Å². The summed E-state index contributed by atoms with van der Waals surface area (Å²) < 4.78 is 10.1. The molecule has 0 aliphatic rings. The molecule has 1 aromatic carbocycles. The molecule has 0 atom stereocenters. The fraction of sp³-hybridized carbons (Fsp3) is 0.333. The Bertz CT molecular complexity index is 967. The van der Waals surface area contributed by atoms with Crippen LogP contribution < -0.4 is 15.6 Å². The van der Waals surface area contributed by atoms with Gasteiger partial charge < -0.3 is 14.4 Å². The van der Waals surface area contributed by atoms with Crippen molar-refractivity contribution in [1.82, 2.24) is 5.43 Å². The predicted molar refractivity (Wildman–Crippen MR) is 121 cm³/mol. The zero-order valence-electron chi connectivity index (χ0n) is 18.1. The molecule has 2 rings (SSSR count). The molecule has 0 bridgehead atoms. The number of esters is 2. The summed E-state index contributed by atoms with van der Waals surface area (Å²) in [5, 5.41) is 6.65. The highest BCUT2D eigenvalue weighted by molar-refractivity contribution is 7.18. The standard InChI is InChI=1S/C21H26N4O5S/c1-6-29-19(26)16-13(3)17(20(27)30-7-2)31-18(16)23-21(28)24-22-12-14-8-10-15(11-9-14)25(4)5/h8-12H,6-7H2,1-5H3,(H2,23,24,28). The van der Waals surface area contributed by atoms with Gasteiger partial charge in [-0.1, -0.05) is 12.1 Å². The van der Waals surface area contributed by atoms with E-state index < -0.39 is 18.0 Å². The third kappa shape index (κ3) is 6.29. The maximum atomic E-state index is 12.4. The highest BCUT2D eigenvalue weighted by atomic mass is 32.1. The monoisotopic (exact) mass is 446 g/mol. The second kappa shape index (κ2) is 11.1. The number of anilines is 2. The molecule has 2 amide bonds. The lowest BCUT2D eigenvalue weighted by atomic mass is 10.1. The summed E-state index contributed by atoms with van der Waals surface area (Å²) in [6, 6.07) is 6.93. The molecule has 0 saturated heterocycles. The van der Waals surface area contributed by atoms with Crippen LogP contribution in [-0.4, -0.2) is 51.5 Å². The van der Waals surface area contributed by atoms with Crippen LogP contribution in [0.4, 0.5) is 15.5 Å². The number of carbonyl (C=O) groups excluding carboxylic acids is 3. The Morgan fingerprint density at radius 1 is 1.06 bits per heavy atom. The van der Waals surface area contributed by atoms with Crippen molar-refractivity contribution in [3.05, 3.63) is 45.8 Å². The average molecular weight is 447 g/mol. The zero-order valence-corrected chi connectivity index (χ0v) is 19.0. The topological polar surface area (TPSA) is 109 Å². The number of urea groups is 1. The number of amides is 2. The number of hydrazone groups is 1. The normalized spacial score (nSPS) is 10.6. The minimum atomic E-state index is -0.664. The summed E-state index contributed by atoms with van der Waals surface area (Å²) in [6.07, 6.45) is 1.50. The van der Waals surface area contributed by atoms with Crippen molar-refractivity contribution in [3.63, 3.8) is 0 Å². The first-order valence-electron chi connectivity index (χ1n) is 9.63. The maximum absolute atomic E-state index is 12.4. The molecule has 0 radical (unpaired) electrons. The molecule has 2 aromatic rings. The fourth-order valence-corrected chi connectivity index (χ4v) is 3.68. The third-order valence-corrected chi connectivity index (χ3v) is 5.29. The van der Waals surface area contributed by atoms with E-state index in [4.69, 9.17) is 9.47 Å². The molecule has 9 nitrogen and oxygen atoms in total. The molecule has 0 aliphatic heterocycles. The van der Waals surface area contributed by atoms with Crippen LogP contribution in [0.25, 0.3) is 0 Å². The van der Waals surface area contributed by atoms with E-state index in [1.54, 1.807) is 20.8 Å². The van der Waals surface area contributed by atoms with Gasteiger partial charge in [-0.25, -0.2) is 19.8 Å². The Hall–Kier alpha value is -3.40. The van der Waals surface area contributed by atoms with E-state index in [0.29, 0.717) is 5.56 Å². The molecule has 1 aromatic heterocycles. The van der Waals surface area contributed by atoms with Crippen LogP contribution >= 0.6 is 11.3 Å².